The van der Waals surface area contributed by atoms with Crippen molar-refractivity contribution in [2.75, 3.05) is 7.11 Å². The third-order valence-corrected chi connectivity index (χ3v) is 6.62. The van der Waals surface area contributed by atoms with E-state index in [1.54, 1.807) is 0 Å². The monoisotopic (exact) mass is 442 g/mol. The van der Waals surface area contributed by atoms with Gasteiger partial charge in [-0.05, 0) is 61.3 Å². The number of H-pyrrole nitrogens is 1. The van der Waals surface area contributed by atoms with E-state index in [1.165, 1.54) is 7.11 Å². The normalized spacial score (nSPS) is 19.2. The van der Waals surface area contributed by atoms with E-state index in [1.807, 2.05) is 30.3 Å². The largest absolute Gasteiger partial charge is 0.469 e. The van der Waals surface area contributed by atoms with E-state index in [4.69, 9.17) is 16.3 Å². The molecular weight excluding hydrogens is 416 g/mol. The summed E-state index contributed by atoms with van der Waals surface area (Å²) in [6, 6.07) is 9.82. The Morgan fingerprint density at radius 2 is 2.00 bits per heavy atom. The van der Waals surface area contributed by atoms with Gasteiger partial charge in [0.1, 0.15) is 0 Å². The molecule has 7 heteroatoms. The number of rotatable bonds is 8. The molecule has 1 saturated carbocycles. The fourth-order valence-electron chi connectivity index (χ4n) is 4.32. The van der Waals surface area contributed by atoms with Crippen LogP contribution in [0.25, 0.3) is 0 Å². The number of carbonyl (C=O) groups is 2. The second-order valence-corrected chi connectivity index (χ2v) is 8.90. The number of ether oxygens (including phenoxy) is 1. The molecule has 0 spiro atoms. The van der Waals surface area contributed by atoms with E-state index in [0.717, 1.165) is 41.6 Å². The fraction of sp³-hybridized carbons (Fsp3) is 0.458. The number of aryl methyl sites for hydroxylation is 1. The molecule has 1 aromatic carbocycles. The highest BCUT2D eigenvalue weighted by Gasteiger charge is 2.29. The summed E-state index contributed by atoms with van der Waals surface area (Å²) in [5.74, 6) is 0.0752. The second-order valence-electron chi connectivity index (χ2n) is 8.49. The number of methoxy groups -OCH3 is 1. The van der Waals surface area contributed by atoms with Gasteiger partial charge in [-0.15, -0.1) is 0 Å². The highest BCUT2D eigenvalue weighted by atomic mass is 35.5. The smallest absolute Gasteiger partial charge is 0.305 e. The van der Waals surface area contributed by atoms with Crippen molar-refractivity contribution in [1.82, 2.24) is 10.3 Å². The van der Waals surface area contributed by atoms with Gasteiger partial charge >= 0.3 is 5.97 Å². The maximum absolute atomic E-state index is 12.6. The zero-order valence-corrected chi connectivity index (χ0v) is 18.3. The van der Waals surface area contributed by atoms with Crippen LogP contribution in [0.15, 0.2) is 35.1 Å². The van der Waals surface area contributed by atoms with Crippen LogP contribution in [-0.2, 0) is 20.7 Å². The molecular formula is C24H27ClN2O4. The summed E-state index contributed by atoms with van der Waals surface area (Å²) in [6.45, 7) is 0. The lowest BCUT2D eigenvalue weighted by Gasteiger charge is -2.22. The van der Waals surface area contributed by atoms with E-state index >= 15 is 0 Å². The molecule has 1 aliphatic heterocycles. The predicted molar refractivity (Wildman–Crippen MR) is 118 cm³/mol. The molecule has 164 valence electrons. The molecule has 6 nitrogen and oxygen atoms in total. The van der Waals surface area contributed by atoms with Gasteiger partial charge in [0.05, 0.1) is 7.11 Å². The van der Waals surface area contributed by atoms with Crippen molar-refractivity contribution in [2.45, 2.75) is 62.8 Å². The number of hydrogen-bond acceptors (Lipinski definition) is 4. The summed E-state index contributed by atoms with van der Waals surface area (Å²) in [6.07, 6.45) is 4.91. The number of pyridine rings is 1. The number of aromatic amines is 1. The molecule has 31 heavy (non-hydrogen) atoms. The number of carbonyl (C=O) groups excluding carboxylic acids is 2. The summed E-state index contributed by atoms with van der Waals surface area (Å²) >= 11 is 6.54. The highest BCUT2D eigenvalue weighted by molar-refractivity contribution is 6.31. The van der Waals surface area contributed by atoms with E-state index in [9.17, 15) is 14.4 Å². The minimum Gasteiger partial charge on any atom is -0.469 e. The van der Waals surface area contributed by atoms with Crippen LogP contribution in [0.4, 0.5) is 0 Å². The Labute approximate surface area is 186 Å². The Bertz CT molecular complexity index is 1040. The third kappa shape index (κ3) is 5.18. The van der Waals surface area contributed by atoms with E-state index < -0.39 is 0 Å². The molecule has 0 radical (unpaired) electrons. The van der Waals surface area contributed by atoms with Gasteiger partial charge in [-0.3, -0.25) is 14.4 Å². The average Bonchev–Trinajstić information content (AvgIpc) is 3.51. The van der Waals surface area contributed by atoms with Crippen LogP contribution in [0.2, 0.25) is 5.02 Å². The van der Waals surface area contributed by atoms with Crippen LogP contribution in [0.5, 0.6) is 0 Å². The summed E-state index contributed by atoms with van der Waals surface area (Å²) in [4.78, 5) is 38.9. The van der Waals surface area contributed by atoms with Crippen molar-refractivity contribution in [3.05, 3.63) is 68.1 Å². The van der Waals surface area contributed by atoms with Crippen LogP contribution in [-0.4, -0.2) is 30.0 Å². The molecule has 1 amide bonds. The first-order valence-electron chi connectivity index (χ1n) is 10.8. The van der Waals surface area contributed by atoms with Crippen molar-refractivity contribution in [3.63, 3.8) is 0 Å². The Morgan fingerprint density at radius 1 is 1.19 bits per heavy atom. The summed E-state index contributed by atoms with van der Waals surface area (Å²) < 4.78 is 4.71. The molecule has 2 fully saturated rings. The van der Waals surface area contributed by atoms with Crippen molar-refractivity contribution in [1.29, 1.82) is 0 Å². The number of hydrogen-bond donors (Lipinski definition) is 2. The maximum Gasteiger partial charge on any atom is 0.305 e. The van der Waals surface area contributed by atoms with Crippen LogP contribution in [0.3, 0.4) is 0 Å². The first-order chi connectivity index (χ1) is 14.9. The summed E-state index contributed by atoms with van der Waals surface area (Å²) in [5, 5.41) is 3.61. The summed E-state index contributed by atoms with van der Waals surface area (Å²) in [7, 11) is 1.37. The molecule has 1 unspecified atom stereocenters. The predicted octanol–water partition coefficient (Wildman–Crippen LogP) is 3.81. The van der Waals surface area contributed by atoms with Crippen LogP contribution >= 0.6 is 11.6 Å². The van der Waals surface area contributed by atoms with Crippen LogP contribution in [0, 0.1) is 0 Å². The number of benzene rings is 1. The van der Waals surface area contributed by atoms with Gasteiger partial charge < -0.3 is 15.0 Å². The Balaban J connectivity index is 1.61. The molecule has 0 bridgehead atoms. The third-order valence-electron chi connectivity index (χ3n) is 6.27. The molecule has 2 N–H and O–H groups in total. The van der Waals surface area contributed by atoms with Crippen molar-refractivity contribution >= 4 is 23.5 Å². The molecule has 2 atom stereocenters. The Hall–Kier alpha value is -2.60. The lowest BCUT2D eigenvalue weighted by atomic mass is 9.87. The van der Waals surface area contributed by atoms with E-state index in [-0.39, 0.29) is 35.8 Å². The van der Waals surface area contributed by atoms with Crippen molar-refractivity contribution < 1.29 is 14.3 Å². The SMILES string of the molecule is COC(=O)CCc1ccc(C(C[C@H]2CCC(=O)N2)c2ccc(C3CC3)c(=O)[nH]2)cc1Cl. The lowest BCUT2D eigenvalue weighted by molar-refractivity contribution is -0.140. The van der Waals surface area contributed by atoms with Crippen molar-refractivity contribution in [2.24, 2.45) is 0 Å². The van der Waals surface area contributed by atoms with Crippen molar-refractivity contribution in [3.8, 4) is 0 Å². The minimum absolute atomic E-state index is 0.0266. The molecule has 1 saturated heterocycles. The fourth-order valence-corrected chi connectivity index (χ4v) is 4.61. The molecule has 2 heterocycles. The van der Waals surface area contributed by atoms with E-state index in [0.29, 0.717) is 30.2 Å². The molecule has 2 aliphatic rings. The standard InChI is InChI=1S/C24H27ClN2O4/c1-31-23(29)11-6-15-4-5-16(12-20(15)25)19(13-17-7-10-22(28)26-17)21-9-8-18(14-2-3-14)24(30)27-21/h4-5,8-9,12,14,17,19H,2-3,6-7,10-11,13H2,1H3,(H,26,28)(H,27,30)/t17-,19?/m1/s1. The van der Waals surface area contributed by atoms with Gasteiger partial charge in [-0.25, -0.2) is 0 Å². The molecule has 4 rings (SSSR count). The number of nitrogens with one attached hydrogen (secondary N) is 2. The maximum atomic E-state index is 12.6. The van der Waals surface area contributed by atoms with Gasteiger partial charge in [0, 0.05) is 41.1 Å². The Morgan fingerprint density at radius 3 is 2.61 bits per heavy atom. The lowest BCUT2D eigenvalue weighted by Crippen LogP contribution is -2.28. The zero-order chi connectivity index (χ0) is 22.0. The molecule has 1 aliphatic carbocycles. The zero-order valence-electron chi connectivity index (χ0n) is 17.6. The second kappa shape index (κ2) is 9.27. The van der Waals surface area contributed by atoms with Gasteiger partial charge in [0.2, 0.25) is 5.91 Å². The number of amides is 1. The topological polar surface area (TPSA) is 88.3 Å². The number of esters is 1. The first kappa shape index (κ1) is 21.6. The van der Waals surface area contributed by atoms with E-state index in [2.05, 4.69) is 10.3 Å². The van der Waals surface area contributed by atoms with Crippen LogP contribution < -0.4 is 10.9 Å². The Kier molecular flexibility index (Phi) is 6.46. The quantitative estimate of drug-likeness (QED) is 0.608. The highest BCUT2D eigenvalue weighted by Crippen LogP contribution is 2.39. The average molecular weight is 443 g/mol. The first-order valence-corrected chi connectivity index (χ1v) is 11.2. The van der Waals surface area contributed by atoms with Gasteiger partial charge in [0.25, 0.3) is 5.56 Å². The minimum atomic E-state index is -0.275. The van der Waals surface area contributed by atoms with Gasteiger partial charge in [-0.2, -0.15) is 0 Å². The number of aromatic nitrogens is 1. The van der Waals surface area contributed by atoms with Gasteiger partial charge in [-0.1, -0.05) is 29.8 Å². The van der Waals surface area contributed by atoms with Gasteiger partial charge in [0.15, 0.2) is 0 Å². The summed E-state index contributed by atoms with van der Waals surface area (Å²) in [5.41, 5.74) is 3.51. The molecule has 2 aromatic rings. The molecule has 1 aromatic heterocycles. The van der Waals surface area contributed by atoms with Crippen LogP contribution in [0.1, 0.15) is 72.7 Å². The number of halogens is 1.